The lowest BCUT2D eigenvalue weighted by Gasteiger charge is -1.93. The number of hydrogen-bond donors (Lipinski definition) is 1. The van der Waals surface area contributed by atoms with Crippen LogP contribution in [0, 0.1) is 0 Å². The molecule has 13 heavy (non-hydrogen) atoms. The maximum Gasteiger partial charge on any atom is 0.159 e. The van der Waals surface area contributed by atoms with Gasteiger partial charge in [0.1, 0.15) is 5.52 Å². The van der Waals surface area contributed by atoms with E-state index < -0.39 is 0 Å². The van der Waals surface area contributed by atoms with Crippen LogP contribution < -0.4 is 0 Å². The van der Waals surface area contributed by atoms with Crippen LogP contribution in [0.2, 0.25) is 0 Å². The molecule has 0 aliphatic rings. The van der Waals surface area contributed by atoms with Crippen molar-refractivity contribution in [2.75, 3.05) is 0 Å². The van der Waals surface area contributed by atoms with Crippen LogP contribution in [0.5, 0.6) is 0 Å². The summed E-state index contributed by atoms with van der Waals surface area (Å²) in [5, 5.41) is 11.2. The second-order valence-corrected chi connectivity index (χ2v) is 2.71. The lowest BCUT2D eigenvalue weighted by Crippen LogP contribution is -1.89. The molecule has 0 fully saturated rings. The normalized spacial score (nSPS) is 11.5. The van der Waals surface area contributed by atoms with E-state index in [0.717, 1.165) is 16.7 Å². The van der Waals surface area contributed by atoms with E-state index >= 15 is 0 Å². The molecule has 2 aromatic heterocycles. The second kappa shape index (κ2) is 2.85. The van der Waals surface area contributed by atoms with Gasteiger partial charge in [0.05, 0.1) is 12.5 Å². The molecule has 0 amide bonds. The number of aromatic nitrogens is 3. The Morgan fingerprint density at radius 1 is 1.54 bits per heavy atom. The third-order valence-corrected chi connectivity index (χ3v) is 1.78. The van der Waals surface area contributed by atoms with Crippen LogP contribution >= 0.6 is 0 Å². The highest BCUT2D eigenvalue weighted by atomic mass is 16.4. The molecule has 0 spiro atoms. The summed E-state index contributed by atoms with van der Waals surface area (Å²) in [6.07, 6.45) is 4.64. The number of imidazole rings is 1. The zero-order valence-corrected chi connectivity index (χ0v) is 7.05. The minimum absolute atomic E-state index is 0.730. The van der Waals surface area contributed by atoms with Crippen LogP contribution in [0.1, 0.15) is 5.56 Å². The highest BCUT2D eigenvalue weighted by Gasteiger charge is 2.00. The van der Waals surface area contributed by atoms with Crippen molar-refractivity contribution >= 4 is 17.4 Å². The molecule has 0 saturated heterocycles. The van der Waals surface area contributed by atoms with E-state index in [1.807, 2.05) is 17.7 Å². The summed E-state index contributed by atoms with van der Waals surface area (Å²) in [6, 6.07) is 1.81. The van der Waals surface area contributed by atoms with Crippen LogP contribution in [0.25, 0.3) is 11.2 Å². The van der Waals surface area contributed by atoms with Gasteiger partial charge in [-0.1, -0.05) is 5.16 Å². The van der Waals surface area contributed by atoms with Gasteiger partial charge in [-0.2, -0.15) is 0 Å². The van der Waals surface area contributed by atoms with Gasteiger partial charge >= 0.3 is 0 Å². The molecular weight excluding hydrogens is 168 g/mol. The van der Waals surface area contributed by atoms with Gasteiger partial charge in [0.2, 0.25) is 0 Å². The zero-order valence-electron chi connectivity index (χ0n) is 7.05. The van der Waals surface area contributed by atoms with Crippen LogP contribution in [0.4, 0.5) is 0 Å². The molecule has 0 aliphatic carbocycles. The van der Waals surface area contributed by atoms with Crippen LogP contribution in [-0.2, 0) is 7.05 Å². The largest absolute Gasteiger partial charge is 0.411 e. The predicted molar refractivity (Wildman–Crippen MR) is 47.9 cm³/mol. The summed E-state index contributed by atoms with van der Waals surface area (Å²) in [5.41, 5.74) is 2.34. The van der Waals surface area contributed by atoms with Crippen molar-refractivity contribution in [1.82, 2.24) is 14.5 Å². The molecule has 0 unspecified atom stereocenters. The molecule has 5 nitrogen and oxygen atoms in total. The Kier molecular flexibility index (Phi) is 1.70. The van der Waals surface area contributed by atoms with Crippen molar-refractivity contribution in [2.45, 2.75) is 0 Å². The molecule has 5 heteroatoms. The van der Waals surface area contributed by atoms with E-state index in [-0.39, 0.29) is 0 Å². The molecule has 1 N–H and O–H groups in total. The fourth-order valence-electron chi connectivity index (χ4n) is 1.17. The van der Waals surface area contributed by atoms with E-state index in [0.29, 0.717) is 0 Å². The summed E-state index contributed by atoms with van der Waals surface area (Å²) in [6.45, 7) is 0. The van der Waals surface area contributed by atoms with E-state index in [1.165, 1.54) is 6.21 Å². The molecule has 0 aliphatic heterocycles. The highest BCUT2D eigenvalue weighted by molar-refractivity contribution is 5.84. The molecule has 2 rings (SSSR count). The number of rotatable bonds is 1. The predicted octanol–water partition coefficient (Wildman–Crippen LogP) is 0.776. The number of hydrogen-bond acceptors (Lipinski definition) is 4. The van der Waals surface area contributed by atoms with E-state index in [1.54, 1.807) is 12.5 Å². The van der Waals surface area contributed by atoms with Crippen molar-refractivity contribution in [1.29, 1.82) is 0 Å². The van der Waals surface area contributed by atoms with Crippen molar-refractivity contribution in [3.63, 3.8) is 0 Å². The first-order valence-electron chi connectivity index (χ1n) is 3.76. The Morgan fingerprint density at radius 2 is 2.38 bits per heavy atom. The molecule has 2 aromatic rings. The maximum absolute atomic E-state index is 8.31. The van der Waals surface area contributed by atoms with Crippen LogP contribution in [0.3, 0.4) is 0 Å². The second-order valence-electron chi connectivity index (χ2n) is 2.71. The van der Waals surface area contributed by atoms with Crippen LogP contribution in [0.15, 0.2) is 23.7 Å². The third kappa shape index (κ3) is 1.24. The smallest absolute Gasteiger partial charge is 0.159 e. The van der Waals surface area contributed by atoms with Crippen molar-refractivity contribution in [2.24, 2.45) is 12.2 Å². The fourth-order valence-corrected chi connectivity index (χ4v) is 1.17. The van der Waals surface area contributed by atoms with Gasteiger partial charge in [0.15, 0.2) is 5.65 Å². The molecular formula is C8H8N4O. The number of oxime groups is 1. The first-order valence-corrected chi connectivity index (χ1v) is 3.76. The quantitative estimate of drug-likeness (QED) is 0.396. The minimum Gasteiger partial charge on any atom is -0.411 e. The Bertz CT molecular complexity index is 460. The topological polar surface area (TPSA) is 63.3 Å². The van der Waals surface area contributed by atoms with Gasteiger partial charge in [-0.3, -0.25) is 0 Å². The monoisotopic (exact) mass is 176 g/mol. The SMILES string of the molecule is Cn1cnc2cc(/C=N\O)cnc21. The molecule has 2 heterocycles. The standard InChI is InChI=1S/C8H8N4O/c1-12-5-10-7-2-6(4-11-13)3-9-8(7)12/h2-5,13H,1H3/b11-4-. The number of aryl methyl sites for hydroxylation is 1. The zero-order chi connectivity index (χ0) is 9.26. The summed E-state index contributed by atoms with van der Waals surface area (Å²) in [7, 11) is 1.88. The van der Waals surface area contributed by atoms with Crippen molar-refractivity contribution in [3.8, 4) is 0 Å². The Hall–Kier alpha value is -1.91. The first-order chi connectivity index (χ1) is 6.31. The molecule has 66 valence electrons. The molecule has 0 aromatic carbocycles. The van der Waals surface area contributed by atoms with Crippen LogP contribution in [-0.4, -0.2) is 26.0 Å². The van der Waals surface area contributed by atoms with Gasteiger partial charge in [0.25, 0.3) is 0 Å². The van der Waals surface area contributed by atoms with Crippen molar-refractivity contribution in [3.05, 3.63) is 24.2 Å². The Labute approximate surface area is 74.3 Å². The van der Waals surface area contributed by atoms with Gasteiger partial charge in [0, 0.05) is 18.8 Å². The van der Waals surface area contributed by atoms with E-state index in [4.69, 9.17) is 5.21 Å². The highest BCUT2D eigenvalue weighted by Crippen LogP contribution is 2.08. The summed E-state index contributed by atoms with van der Waals surface area (Å²) in [4.78, 5) is 8.28. The van der Waals surface area contributed by atoms with Gasteiger partial charge in [-0.05, 0) is 6.07 Å². The Morgan fingerprint density at radius 3 is 3.15 bits per heavy atom. The summed E-state index contributed by atoms with van der Waals surface area (Å²) < 4.78 is 1.83. The maximum atomic E-state index is 8.31. The van der Waals surface area contributed by atoms with Gasteiger partial charge in [-0.15, -0.1) is 0 Å². The Balaban J connectivity index is 2.63. The van der Waals surface area contributed by atoms with E-state index in [9.17, 15) is 0 Å². The van der Waals surface area contributed by atoms with Gasteiger partial charge < -0.3 is 9.77 Å². The third-order valence-electron chi connectivity index (χ3n) is 1.78. The molecule has 0 bridgehead atoms. The first kappa shape index (κ1) is 7.72. The molecule has 0 saturated carbocycles. The van der Waals surface area contributed by atoms with Gasteiger partial charge in [-0.25, -0.2) is 9.97 Å². The number of nitrogens with zero attached hydrogens (tertiary/aromatic N) is 4. The summed E-state index contributed by atoms with van der Waals surface area (Å²) in [5.74, 6) is 0. The summed E-state index contributed by atoms with van der Waals surface area (Å²) >= 11 is 0. The lowest BCUT2D eigenvalue weighted by molar-refractivity contribution is 0.322. The lowest BCUT2D eigenvalue weighted by atomic mass is 10.3. The fraction of sp³-hybridized carbons (Fsp3) is 0.125. The van der Waals surface area contributed by atoms with Crippen molar-refractivity contribution < 1.29 is 5.21 Å². The number of pyridine rings is 1. The molecule has 0 radical (unpaired) electrons. The minimum atomic E-state index is 0.730. The average molecular weight is 176 g/mol. The average Bonchev–Trinajstić information content (AvgIpc) is 2.48. The number of fused-ring (bicyclic) bond motifs is 1. The molecule has 0 atom stereocenters. The van der Waals surface area contributed by atoms with E-state index in [2.05, 4.69) is 15.1 Å².